The quantitative estimate of drug-likeness (QED) is 0.457. The van der Waals surface area contributed by atoms with Crippen LogP contribution in [0.2, 0.25) is 20.1 Å². The van der Waals surface area contributed by atoms with Gasteiger partial charge in [-0.1, -0.05) is 52.5 Å². The average molecular weight is 402 g/mol. The van der Waals surface area contributed by atoms with E-state index in [0.717, 1.165) is 47.0 Å². The number of hydrogen-bond donors (Lipinski definition) is 2. The van der Waals surface area contributed by atoms with Crippen LogP contribution >= 0.6 is 46.4 Å². The van der Waals surface area contributed by atoms with Gasteiger partial charge in [0.05, 0.1) is 20.8 Å². The van der Waals surface area contributed by atoms with E-state index < -0.39 is 0 Å². The van der Waals surface area contributed by atoms with Gasteiger partial charge in [0.2, 0.25) is 0 Å². The van der Waals surface area contributed by atoms with Crippen molar-refractivity contribution in [1.29, 1.82) is 0 Å². The number of H-pyrrole nitrogens is 1. The molecule has 6 heteroatoms. The highest BCUT2D eigenvalue weighted by Crippen LogP contribution is 2.42. The van der Waals surface area contributed by atoms with Crippen LogP contribution in [0.3, 0.4) is 0 Å². The number of rotatable bonds is 5. The predicted octanol–water partition coefficient (Wildman–Crippen LogP) is 6.73. The van der Waals surface area contributed by atoms with Crippen molar-refractivity contribution >= 4 is 57.3 Å². The summed E-state index contributed by atoms with van der Waals surface area (Å²) in [6, 6.07) is 9.10. The molecule has 24 heavy (non-hydrogen) atoms. The van der Waals surface area contributed by atoms with Crippen LogP contribution in [-0.2, 0) is 6.42 Å². The maximum Gasteiger partial charge on any atom is 0.0528 e. The molecule has 0 aliphatic rings. The minimum absolute atomic E-state index is 0.582. The minimum atomic E-state index is 0.582. The van der Waals surface area contributed by atoms with Crippen LogP contribution < -0.4 is 5.73 Å². The fourth-order valence-corrected chi connectivity index (χ4v) is 4.15. The molecule has 0 radical (unpaired) electrons. The second-order valence-corrected chi connectivity index (χ2v) is 7.29. The molecule has 0 aliphatic carbocycles. The summed E-state index contributed by atoms with van der Waals surface area (Å²) < 4.78 is 0. The molecule has 1 aromatic heterocycles. The van der Waals surface area contributed by atoms with Crippen molar-refractivity contribution in [1.82, 2.24) is 4.98 Å². The van der Waals surface area contributed by atoms with Gasteiger partial charge in [-0.15, -0.1) is 0 Å². The SMILES string of the molecule is NCCCCc1c(-c2c(Cl)cccc2Cl)[nH]c2cc(Cl)cc(Cl)c12. The van der Waals surface area contributed by atoms with Crippen molar-refractivity contribution in [2.24, 2.45) is 5.73 Å². The molecule has 0 amide bonds. The van der Waals surface area contributed by atoms with Gasteiger partial charge in [-0.3, -0.25) is 0 Å². The predicted molar refractivity (Wildman–Crippen MR) is 106 cm³/mol. The smallest absolute Gasteiger partial charge is 0.0528 e. The maximum absolute atomic E-state index is 6.47. The zero-order valence-electron chi connectivity index (χ0n) is 12.8. The van der Waals surface area contributed by atoms with E-state index in [-0.39, 0.29) is 0 Å². The van der Waals surface area contributed by atoms with E-state index in [2.05, 4.69) is 4.98 Å². The number of halogens is 4. The largest absolute Gasteiger partial charge is 0.354 e. The summed E-state index contributed by atoms with van der Waals surface area (Å²) in [5.74, 6) is 0. The number of aromatic nitrogens is 1. The molecule has 126 valence electrons. The van der Waals surface area contributed by atoms with Crippen LogP contribution in [0.5, 0.6) is 0 Å². The van der Waals surface area contributed by atoms with E-state index in [9.17, 15) is 0 Å². The van der Waals surface area contributed by atoms with Gasteiger partial charge >= 0.3 is 0 Å². The lowest BCUT2D eigenvalue weighted by atomic mass is 10.00. The Bertz CT molecular complexity index is 866. The highest BCUT2D eigenvalue weighted by atomic mass is 35.5. The van der Waals surface area contributed by atoms with E-state index in [0.29, 0.717) is 26.6 Å². The van der Waals surface area contributed by atoms with Gasteiger partial charge in [0.15, 0.2) is 0 Å². The molecule has 3 rings (SSSR count). The van der Waals surface area contributed by atoms with Crippen molar-refractivity contribution in [3.05, 3.63) is 56.0 Å². The Morgan fingerprint density at radius 1 is 0.917 bits per heavy atom. The van der Waals surface area contributed by atoms with Gasteiger partial charge in [-0.05, 0) is 55.6 Å². The summed E-state index contributed by atoms with van der Waals surface area (Å²) in [4.78, 5) is 3.40. The number of nitrogens with one attached hydrogen (secondary N) is 1. The zero-order valence-corrected chi connectivity index (χ0v) is 15.8. The molecule has 2 nitrogen and oxygen atoms in total. The molecular formula is C18H16Cl4N2. The Hall–Kier alpha value is -0.900. The summed E-state index contributed by atoms with van der Waals surface area (Å²) in [5.41, 5.74) is 9.28. The highest BCUT2D eigenvalue weighted by Gasteiger charge is 2.19. The first kappa shape index (κ1) is 17.9. The number of aryl methyl sites for hydroxylation is 1. The van der Waals surface area contributed by atoms with Gasteiger partial charge in [0.1, 0.15) is 0 Å². The number of hydrogen-bond acceptors (Lipinski definition) is 1. The third kappa shape index (κ3) is 3.40. The Labute approximate surface area is 160 Å². The Balaban J connectivity index is 2.26. The molecule has 0 fully saturated rings. The first-order chi connectivity index (χ1) is 11.5. The van der Waals surface area contributed by atoms with Crippen LogP contribution in [0.1, 0.15) is 18.4 Å². The fraction of sp³-hybridized carbons (Fsp3) is 0.222. The van der Waals surface area contributed by atoms with Crippen molar-refractivity contribution in [3.8, 4) is 11.3 Å². The molecule has 0 saturated carbocycles. The molecule has 0 atom stereocenters. The van der Waals surface area contributed by atoms with Crippen molar-refractivity contribution in [2.75, 3.05) is 6.54 Å². The Morgan fingerprint density at radius 3 is 2.29 bits per heavy atom. The van der Waals surface area contributed by atoms with Crippen molar-refractivity contribution in [2.45, 2.75) is 19.3 Å². The fourth-order valence-electron chi connectivity index (χ4n) is 2.96. The number of benzene rings is 2. The number of fused-ring (bicyclic) bond motifs is 1. The van der Waals surface area contributed by atoms with E-state index in [4.69, 9.17) is 52.1 Å². The summed E-state index contributed by atoms with van der Waals surface area (Å²) in [6.45, 7) is 0.657. The molecule has 0 aliphatic heterocycles. The molecular weight excluding hydrogens is 386 g/mol. The Morgan fingerprint density at radius 2 is 1.62 bits per heavy atom. The van der Waals surface area contributed by atoms with Gasteiger partial charge in [0, 0.05) is 21.5 Å². The van der Waals surface area contributed by atoms with Gasteiger partial charge < -0.3 is 10.7 Å². The standard InChI is InChI=1S/C18H16Cl4N2/c19-10-8-14(22)16-11(4-1-2-7-23)18(24-15(16)9-10)17-12(20)5-3-6-13(17)21/h3,5-6,8-9,24H,1-2,4,7,23H2. The number of unbranched alkanes of at least 4 members (excludes halogenated alkanes) is 1. The van der Waals surface area contributed by atoms with E-state index in [1.54, 1.807) is 6.07 Å². The van der Waals surface area contributed by atoms with E-state index in [1.807, 2.05) is 24.3 Å². The molecule has 3 aromatic rings. The van der Waals surface area contributed by atoms with Gasteiger partial charge in [0.25, 0.3) is 0 Å². The topological polar surface area (TPSA) is 41.8 Å². The van der Waals surface area contributed by atoms with E-state index in [1.165, 1.54) is 0 Å². The molecule has 0 bridgehead atoms. The van der Waals surface area contributed by atoms with Crippen LogP contribution in [0.25, 0.3) is 22.2 Å². The summed E-state index contributed by atoms with van der Waals surface area (Å²) in [7, 11) is 0. The molecule has 2 aromatic carbocycles. The second-order valence-electron chi connectivity index (χ2n) is 5.63. The van der Waals surface area contributed by atoms with Crippen LogP contribution in [0, 0.1) is 0 Å². The van der Waals surface area contributed by atoms with Crippen LogP contribution in [0.15, 0.2) is 30.3 Å². The first-order valence-corrected chi connectivity index (χ1v) is 9.18. The van der Waals surface area contributed by atoms with Gasteiger partial charge in [-0.25, -0.2) is 0 Å². The molecule has 0 unspecified atom stereocenters. The molecule has 0 saturated heterocycles. The second kappa shape index (κ2) is 7.55. The lowest BCUT2D eigenvalue weighted by Crippen LogP contribution is -1.99. The third-order valence-corrected chi connectivity index (χ3v) is 5.16. The molecule has 0 spiro atoms. The zero-order chi connectivity index (χ0) is 17.3. The molecule has 1 heterocycles. The van der Waals surface area contributed by atoms with Crippen molar-refractivity contribution < 1.29 is 0 Å². The number of nitrogens with two attached hydrogens (primary N) is 1. The van der Waals surface area contributed by atoms with Gasteiger partial charge in [-0.2, -0.15) is 0 Å². The maximum atomic E-state index is 6.47. The average Bonchev–Trinajstić information content (AvgIpc) is 2.86. The lowest BCUT2D eigenvalue weighted by molar-refractivity contribution is 0.748. The minimum Gasteiger partial charge on any atom is -0.354 e. The molecule has 3 N–H and O–H groups in total. The first-order valence-electron chi connectivity index (χ1n) is 7.67. The normalized spacial score (nSPS) is 11.4. The summed E-state index contributed by atoms with van der Waals surface area (Å²) >= 11 is 25.4. The Kier molecular flexibility index (Phi) is 5.63. The van der Waals surface area contributed by atoms with E-state index >= 15 is 0 Å². The van der Waals surface area contributed by atoms with Crippen LogP contribution in [-0.4, -0.2) is 11.5 Å². The monoisotopic (exact) mass is 400 g/mol. The number of aromatic amines is 1. The summed E-state index contributed by atoms with van der Waals surface area (Å²) in [6.07, 6.45) is 2.72. The lowest BCUT2D eigenvalue weighted by Gasteiger charge is -2.09. The highest BCUT2D eigenvalue weighted by molar-refractivity contribution is 6.40. The summed E-state index contributed by atoms with van der Waals surface area (Å²) in [5, 5.41) is 3.35. The van der Waals surface area contributed by atoms with Crippen LogP contribution in [0.4, 0.5) is 0 Å². The third-order valence-electron chi connectivity index (χ3n) is 4.01. The van der Waals surface area contributed by atoms with Crippen molar-refractivity contribution in [3.63, 3.8) is 0 Å².